The van der Waals surface area contributed by atoms with Gasteiger partial charge in [0.1, 0.15) is 0 Å². The van der Waals surface area contributed by atoms with Crippen molar-refractivity contribution in [2.24, 2.45) is 5.41 Å². The molecule has 10 heavy (non-hydrogen) atoms. The van der Waals surface area contributed by atoms with Crippen LogP contribution in [0, 0.1) is 5.41 Å². The Morgan fingerprint density at radius 3 is 1.90 bits per heavy atom. The first-order valence-electron chi connectivity index (χ1n) is 4.24. The first-order valence-corrected chi connectivity index (χ1v) is 4.68. The van der Waals surface area contributed by atoms with Crippen molar-refractivity contribution in [3.63, 3.8) is 0 Å². The van der Waals surface area contributed by atoms with Gasteiger partial charge in [-0.25, -0.2) is 0 Å². The lowest BCUT2D eigenvalue weighted by Gasteiger charge is -2.14. The van der Waals surface area contributed by atoms with Crippen LogP contribution in [0.3, 0.4) is 0 Å². The molecule has 0 N–H and O–H groups in total. The van der Waals surface area contributed by atoms with Crippen LogP contribution >= 0.6 is 11.6 Å². The van der Waals surface area contributed by atoms with E-state index in [1.54, 1.807) is 0 Å². The maximum Gasteiger partial charge on any atom is 0.0341 e. The minimum atomic E-state index is 0.463. The van der Waals surface area contributed by atoms with Crippen LogP contribution in [0.25, 0.3) is 0 Å². The molecule has 62 valence electrons. The molecule has 1 rings (SSSR count). The second-order valence-electron chi connectivity index (χ2n) is 3.50. The molecule has 1 saturated carbocycles. The van der Waals surface area contributed by atoms with E-state index in [4.69, 9.17) is 11.6 Å². The van der Waals surface area contributed by atoms with Crippen LogP contribution in [-0.2, 0) is 0 Å². The third kappa shape index (κ3) is 3.46. The normalized spacial score (nSPS) is 29.1. The van der Waals surface area contributed by atoms with Gasteiger partial charge in [-0.3, -0.25) is 0 Å². The molecule has 1 heteroatoms. The molecule has 0 heterocycles. The smallest absolute Gasteiger partial charge is 0.0341 e. The Kier molecular flexibility index (Phi) is 4.35. The van der Waals surface area contributed by atoms with E-state index >= 15 is 0 Å². The summed E-state index contributed by atoms with van der Waals surface area (Å²) < 4.78 is 0. The molecule has 1 unspecified atom stereocenters. The van der Waals surface area contributed by atoms with Gasteiger partial charge in [-0.05, 0) is 24.7 Å². The van der Waals surface area contributed by atoms with Gasteiger partial charge in [0.05, 0.1) is 0 Å². The van der Waals surface area contributed by atoms with Crippen LogP contribution in [0.4, 0.5) is 0 Å². The quantitative estimate of drug-likeness (QED) is 0.475. The lowest BCUT2D eigenvalue weighted by Crippen LogP contribution is -2.04. The van der Waals surface area contributed by atoms with E-state index in [0.717, 1.165) is 0 Å². The van der Waals surface area contributed by atoms with Gasteiger partial charge in [-0.15, -0.1) is 11.6 Å². The van der Waals surface area contributed by atoms with Crippen LogP contribution in [-0.4, -0.2) is 5.38 Å². The Morgan fingerprint density at radius 1 is 1.30 bits per heavy atom. The third-order valence-electron chi connectivity index (χ3n) is 1.91. The van der Waals surface area contributed by atoms with Gasteiger partial charge in [-0.2, -0.15) is 0 Å². The van der Waals surface area contributed by atoms with Crippen molar-refractivity contribution >= 4 is 11.6 Å². The molecule has 1 atom stereocenters. The molecule has 0 aromatic rings. The largest absolute Gasteiger partial charge is 0.123 e. The molecule has 1 aliphatic carbocycles. The van der Waals surface area contributed by atoms with E-state index in [9.17, 15) is 0 Å². The maximum atomic E-state index is 5.90. The highest BCUT2D eigenvalue weighted by Gasteiger charge is 2.29. The van der Waals surface area contributed by atoms with E-state index in [2.05, 4.69) is 13.8 Å². The summed E-state index contributed by atoms with van der Waals surface area (Å²) in [6.07, 6.45) is 3.73. The molecule has 0 spiro atoms. The van der Waals surface area contributed by atoms with E-state index in [-0.39, 0.29) is 0 Å². The predicted molar refractivity (Wildman–Crippen MR) is 48.6 cm³/mol. The molecule has 0 aromatic heterocycles. The minimum Gasteiger partial charge on any atom is -0.123 e. The Labute approximate surface area is 70.0 Å². The van der Waals surface area contributed by atoms with Gasteiger partial charge in [-0.1, -0.05) is 27.7 Å². The molecule has 0 radical (unpaired) electrons. The standard InChI is InChI=1S/C7H13Cl.C2H6/c1-7(2)4-3-6(8)5-7;1-2/h6H,3-5H2,1-2H3;1-2H3. The molecule has 0 amide bonds. The average molecular weight is 163 g/mol. The zero-order chi connectivity index (χ0) is 8.20. The van der Waals surface area contributed by atoms with Gasteiger partial charge < -0.3 is 0 Å². The van der Waals surface area contributed by atoms with Gasteiger partial charge in [0, 0.05) is 5.38 Å². The second kappa shape index (κ2) is 4.23. The number of alkyl halides is 1. The zero-order valence-electron chi connectivity index (χ0n) is 7.58. The summed E-state index contributed by atoms with van der Waals surface area (Å²) in [6, 6.07) is 0. The van der Waals surface area contributed by atoms with Crippen molar-refractivity contribution in [1.82, 2.24) is 0 Å². The monoisotopic (exact) mass is 162 g/mol. The maximum absolute atomic E-state index is 5.90. The van der Waals surface area contributed by atoms with E-state index < -0.39 is 0 Å². The first-order chi connectivity index (χ1) is 4.60. The summed E-state index contributed by atoms with van der Waals surface area (Å²) in [5.41, 5.74) is 0.534. The van der Waals surface area contributed by atoms with Crippen molar-refractivity contribution < 1.29 is 0 Å². The fourth-order valence-electron chi connectivity index (χ4n) is 1.35. The Hall–Kier alpha value is 0.290. The number of hydrogen-bond acceptors (Lipinski definition) is 0. The van der Waals surface area contributed by atoms with Gasteiger partial charge in [0.25, 0.3) is 0 Å². The highest BCUT2D eigenvalue weighted by molar-refractivity contribution is 6.20. The zero-order valence-corrected chi connectivity index (χ0v) is 8.33. The summed E-state index contributed by atoms with van der Waals surface area (Å²) in [5.74, 6) is 0. The Balaban J connectivity index is 0.000000371. The van der Waals surface area contributed by atoms with Crippen LogP contribution < -0.4 is 0 Å². The highest BCUT2D eigenvalue weighted by atomic mass is 35.5. The molecular formula is C9H19Cl. The van der Waals surface area contributed by atoms with Gasteiger partial charge >= 0.3 is 0 Å². The number of rotatable bonds is 0. The number of halogens is 1. The molecule has 1 aliphatic rings. The molecular weight excluding hydrogens is 144 g/mol. The van der Waals surface area contributed by atoms with Crippen LogP contribution in [0.1, 0.15) is 47.0 Å². The fourth-order valence-corrected chi connectivity index (χ4v) is 1.88. The number of hydrogen-bond donors (Lipinski definition) is 0. The van der Waals surface area contributed by atoms with Crippen molar-refractivity contribution in [2.45, 2.75) is 52.3 Å². The topological polar surface area (TPSA) is 0 Å². The van der Waals surface area contributed by atoms with Crippen LogP contribution in [0.2, 0.25) is 0 Å². The van der Waals surface area contributed by atoms with E-state index in [1.807, 2.05) is 13.8 Å². The summed E-state index contributed by atoms with van der Waals surface area (Å²) in [7, 11) is 0. The molecule has 0 nitrogen and oxygen atoms in total. The molecule has 0 aromatic carbocycles. The molecule has 0 saturated heterocycles. The Morgan fingerprint density at radius 2 is 1.80 bits per heavy atom. The van der Waals surface area contributed by atoms with Crippen molar-refractivity contribution in [3.8, 4) is 0 Å². The van der Waals surface area contributed by atoms with E-state index in [1.165, 1.54) is 19.3 Å². The SMILES string of the molecule is CC.CC1(C)CCC(Cl)C1. The summed E-state index contributed by atoms with van der Waals surface area (Å²) in [6.45, 7) is 8.57. The predicted octanol–water partition coefficient (Wildman–Crippen LogP) is 3.83. The summed E-state index contributed by atoms with van der Waals surface area (Å²) in [4.78, 5) is 0. The second-order valence-corrected chi connectivity index (χ2v) is 4.12. The fraction of sp³-hybridized carbons (Fsp3) is 1.00. The molecule has 0 bridgehead atoms. The lowest BCUT2D eigenvalue weighted by molar-refractivity contribution is 0.383. The molecule has 0 aliphatic heterocycles. The lowest BCUT2D eigenvalue weighted by atomic mass is 9.92. The van der Waals surface area contributed by atoms with Crippen molar-refractivity contribution in [3.05, 3.63) is 0 Å². The Bertz CT molecular complexity index is 86.7. The molecule has 1 fully saturated rings. The van der Waals surface area contributed by atoms with Crippen molar-refractivity contribution in [2.75, 3.05) is 0 Å². The van der Waals surface area contributed by atoms with Crippen LogP contribution in [0.5, 0.6) is 0 Å². The van der Waals surface area contributed by atoms with Crippen molar-refractivity contribution in [1.29, 1.82) is 0 Å². The van der Waals surface area contributed by atoms with E-state index in [0.29, 0.717) is 10.8 Å². The highest BCUT2D eigenvalue weighted by Crippen LogP contribution is 2.39. The minimum absolute atomic E-state index is 0.463. The van der Waals surface area contributed by atoms with Gasteiger partial charge in [0.15, 0.2) is 0 Å². The summed E-state index contributed by atoms with van der Waals surface area (Å²) in [5, 5.41) is 0.463. The van der Waals surface area contributed by atoms with Crippen LogP contribution in [0.15, 0.2) is 0 Å². The third-order valence-corrected chi connectivity index (χ3v) is 2.28. The van der Waals surface area contributed by atoms with Gasteiger partial charge in [0.2, 0.25) is 0 Å². The average Bonchev–Trinajstić information content (AvgIpc) is 2.15. The summed E-state index contributed by atoms with van der Waals surface area (Å²) >= 11 is 5.90. The first kappa shape index (κ1) is 10.3.